The number of aromatic nitrogens is 2. The van der Waals surface area contributed by atoms with E-state index in [0.717, 1.165) is 18.8 Å². The van der Waals surface area contributed by atoms with Gasteiger partial charge in [0.25, 0.3) is 0 Å². The molecule has 1 heterocycles. The lowest BCUT2D eigenvalue weighted by atomic mass is 10.2. The highest BCUT2D eigenvalue weighted by Gasteiger charge is 2.15. The Hall–Kier alpha value is -1.39. The molecule has 0 fully saturated rings. The quantitative estimate of drug-likeness (QED) is 0.867. The Morgan fingerprint density at radius 2 is 2.05 bits per heavy atom. The van der Waals surface area contributed by atoms with E-state index in [9.17, 15) is 0 Å². The largest absolute Gasteiger partial charge is 0.395 e. The summed E-state index contributed by atoms with van der Waals surface area (Å²) in [5, 5.41) is 15.1. The molecule has 1 aromatic heterocycles. The van der Waals surface area contributed by atoms with E-state index in [0.29, 0.717) is 12.6 Å². The van der Waals surface area contributed by atoms with Gasteiger partial charge in [-0.1, -0.05) is 18.2 Å². The average Bonchev–Trinajstić information content (AvgIpc) is 2.76. The number of hydrogen-bond donors (Lipinski definition) is 1. The molecule has 2 rings (SSSR count). The van der Waals surface area contributed by atoms with Crippen molar-refractivity contribution in [3.8, 4) is 0 Å². The van der Waals surface area contributed by atoms with Gasteiger partial charge in [-0.2, -0.15) is 5.10 Å². The molecule has 2 aromatic rings. The fraction of sp³-hybridized carbons (Fsp3) is 0.533. The van der Waals surface area contributed by atoms with Gasteiger partial charge in [0, 0.05) is 31.1 Å². The summed E-state index contributed by atoms with van der Waals surface area (Å²) in [5.41, 5.74) is 2.28. The molecule has 0 saturated carbocycles. The number of fused-ring (bicyclic) bond motifs is 1. The molecular weight excluding hydrogens is 238 g/mol. The minimum absolute atomic E-state index is 0.185. The number of aliphatic hydroxyl groups excluding tert-OH is 1. The molecule has 104 valence electrons. The van der Waals surface area contributed by atoms with Crippen molar-refractivity contribution in [2.24, 2.45) is 0 Å². The van der Waals surface area contributed by atoms with Crippen molar-refractivity contribution in [2.75, 3.05) is 13.2 Å². The summed E-state index contributed by atoms with van der Waals surface area (Å²) < 4.78 is 2.04. The molecule has 0 atom stereocenters. The van der Waals surface area contributed by atoms with Crippen LogP contribution in [-0.2, 0) is 13.1 Å². The number of nitrogens with zero attached hydrogens (tertiary/aromatic N) is 3. The highest BCUT2D eigenvalue weighted by molar-refractivity contribution is 5.81. The topological polar surface area (TPSA) is 41.3 Å². The van der Waals surface area contributed by atoms with E-state index in [-0.39, 0.29) is 6.61 Å². The number of aryl methyl sites for hydroxylation is 1. The Labute approximate surface area is 114 Å². The number of para-hydroxylation sites is 1. The maximum atomic E-state index is 9.16. The fourth-order valence-corrected chi connectivity index (χ4v) is 2.39. The Kier molecular flexibility index (Phi) is 4.56. The van der Waals surface area contributed by atoms with Gasteiger partial charge in [-0.15, -0.1) is 0 Å². The van der Waals surface area contributed by atoms with Crippen molar-refractivity contribution < 1.29 is 5.11 Å². The fourth-order valence-electron chi connectivity index (χ4n) is 2.39. The SMILES string of the molecule is CCn1nc(CN(CCO)C(C)C)c2ccccc21. The van der Waals surface area contributed by atoms with E-state index >= 15 is 0 Å². The molecule has 0 radical (unpaired) electrons. The lowest BCUT2D eigenvalue weighted by Crippen LogP contribution is -2.33. The summed E-state index contributed by atoms with van der Waals surface area (Å²) in [6.45, 7) is 8.93. The second-order valence-corrected chi connectivity index (χ2v) is 5.07. The van der Waals surface area contributed by atoms with Crippen LogP contribution >= 0.6 is 0 Å². The molecule has 0 aliphatic rings. The smallest absolute Gasteiger partial charge is 0.0843 e. The first-order valence-corrected chi connectivity index (χ1v) is 6.96. The molecule has 0 aliphatic carbocycles. The number of aliphatic hydroxyl groups is 1. The number of benzene rings is 1. The van der Waals surface area contributed by atoms with Crippen LogP contribution in [0.2, 0.25) is 0 Å². The first-order chi connectivity index (χ1) is 9.17. The molecule has 0 aliphatic heterocycles. The molecule has 1 N–H and O–H groups in total. The van der Waals surface area contributed by atoms with Crippen molar-refractivity contribution in [3.63, 3.8) is 0 Å². The molecule has 0 bridgehead atoms. The molecule has 0 saturated heterocycles. The van der Waals surface area contributed by atoms with Gasteiger partial charge in [-0.05, 0) is 26.8 Å². The van der Waals surface area contributed by atoms with Crippen LogP contribution in [-0.4, -0.2) is 39.0 Å². The molecule has 4 heteroatoms. The van der Waals surface area contributed by atoms with Gasteiger partial charge < -0.3 is 5.11 Å². The van der Waals surface area contributed by atoms with Gasteiger partial charge in [0.15, 0.2) is 0 Å². The first-order valence-electron chi connectivity index (χ1n) is 6.96. The standard InChI is InChI=1S/C15H23N3O/c1-4-18-15-8-6-5-7-13(15)14(16-18)11-17(9-10-19)12(2)3/h5-8,12,19H,4,9-11H2,1-3H3. The summed E-state index contributed by atoms with van der Waals surface area (Å²) in [5.74, 6) is 0. The Morgan fingerprint density at radius 3 is 2.68 bits per heavy atom. The van der Waals surface area contributed by atoms with Crippen LogP contribution in [0.25, 0.3) is 10.9 Å². The monoisotopic (exact) mass is 261 g/mol. The lowest BCUT2D eigenvalue weighted by molar-refractivity contribution is 0.158. The van der Waals surface area contributed by atoms with Crippen molar-refractivity contribution in [1.29, 1.82) is 0 Å². The molecule has 0 spiro atoms. The third-order valence-electron chi connectivity index (χ3n) is 3.50. The Morgan fingerprint density at radius 1 is 1.32 bits per heavy atom. The van der Waals surface area contributed by atoms with Gasteiger partial charge in [0.05, 0.1) is 17.8 Å². The van der Waals surface area contributed by atoms with E-state index in [1.165, 1.54) is 10.9 Å². The van der Waals surface area contributed by atoms with Crippen molar-refractivity contribution in [2.45, 2.75) is 39.9 Å². The normalized spacial score (nSPS) is 11.9. The summed E-state index contributed by atoms with van der Waals surface area (Å²) in [6.07, 6.45) is 0. The summed E-state index contributed by atoms with van der Waals surface area (Å²) in [4.78, 5) is 2.24. The zero-order valence-electron chi connectivity index (χ0n) is 12.0. The van der Waals surface area contributed by atoms with Crippen LogP contribution in [0.1, 0.15) is 26.5 Å². The molecular formula is C15H23N3O. The summed E-state index contributed by atoms with van der Waals surface area (Å²) in [7, 11) is 0. The molecule has 4 nitrogen and oxygen atoms in total. The Bertz CT molecular complexity index is 533. The summed E-state index contributed by atoms with van der Waals surface area (Å²) in [6, 6.07) is 8.74. The lowest BCUT2D eigenvalue weighted by Gasteiger charge is -2.24. The third-order valence-corrected chi connectivity index (χ3v) is 3.50. The van der Waals surface area contributed by atoms with Crippen molar-refractivity contribution in [3.05, 3.63) is 30.0 Å². The maximum absolute atomic E-state index is 9.16. The molecule has 0 unspecified atom stereocenters. The van der Waals surface area contributed by atoms with Crippen molar-refractivity contribution >= 4 is 10.9 Å². The second kappa shape index (κ2) is 6.17. The van der Waals surface area contributed by atoms with Crippen LogP contribution in [0.4, 0.5) is 0 Å². The second-order valence-electron chi connectivity index (χ2n) is 5.07. The third kappa shape index (κ3) is 2.96. The van der Waals surface area contributed by atoms with Crippen LogP contribution in [0.3, 0.4) is 0 Å². The number of hydrogen-bond acceptors (Lipinski definition) is 3. The summed E-state index contributed by atoms with van der Waals surface area (Å²) >= 11 is 0. The van der Waals surface area contributed by atoms with Gasteiger partial charge >= 0.3 is 0 Å². The van der Waals surface area contributed by atoms with E-state index < -0.39 is 0 Å². The van der Waals surface area contributed by atoms with Gasteiger partial charge in [-0.3, -0.25) is 9.58 Å². The van der Waals surface area contributed by atoms with E-state index in [4.69, 9.17) is 10.2 Å². The van der Waals surface area contributed by atoms with Crippen LogP contribution in [0.15, 0.2) is 24.3 Å². The zero-order valence-corrected chi connectivity index (χ0v) is 12.0. The van der Waals surface area contributed by atoms with Crippen LogP contribution < -0.4 is 0 Å². The molecule has 19 heavy (non-hydrogen) atoms. The van der Waals surface area contributed by atoms with Gasteiger partial charge in [0.2, 0.25) is 0 Å². The highest BCUT2D eigenvalue weighted by atomic mass is 16.3. The predicted molar refractivity (Wildman–Crippen MR) is 78.0 cm³/mol. The Balaban J connectivity index is 2.34. The highest BCUT2D eigenvalue weighted by Crippen LogP contribution is 2.20. The minimum Gasteiger partial charge on any atom is -0.395 e. The number of rotatable bonds is 6. The zero-order chi connectivity index (χ0) is 13.8. The predicted octanol–water partition coefficient (Wildman–Crippen LogP) is 2.26. The maximum Gasteiger partial charge on any atom is 0.0843 e. The molecule has 1 aromatic carbocycles. The van der Waals surface area contributed by atoms with Crippen molar-refractivity contribution in [1.82, 2.24) is 14.7 Å². The average molecular weight is 261 g/mol. The van der Waals surface area contributed by atoms with Gasteiger partial charge in [-0.25, -0.2) is 0 Å². The first kappa shape index (κ1) is 14.0. The van der Waals surface area contributed by atoms with E-state index in [1.807, 2.05) is 10.7 Å². The van der Waals surface area contributed by atoms with Crippen LogP contribution in [0.5, 0.6) is 0 Å². The minimum atomic E-state index is 0.185. The van der Waals surface area contributed by atoms with Gasteiger partial charge in [0.1, 0.15) is 0 Å². The molecule has 0 amide bonds. The van der Waals surface area contributed by atoms with E-state index in [2.05, 4.69) is 43.9 Å². The van der Waals surface area contributed by atoms with Crippen LogP contribution in [0, 0.1) is 0 Å². The van der Waals surface area contributed by atoms with E-state index in [1.54, 1.807) is 0 Å².